The zero-order valence-electron chi connectivity index (χ0n) is 13.7. The first-order valence-electron chi connectivity index (χ1n) is 7.17. The Morgan fingerprint density at radius 3 is 2.67 bits per heavy atom. The molecule has 1 aromatic rings. The van der Waals surface area contributed by atoms with Crippen molar-refractivity contribution < 1.29 is 4.79 Å². The lowest BCUT2D eigenvalue weighted by Crippen LogP contribution is -2.41. The molecule has 0 fully saturated rings. The number of nitrogens with one attached hydrogen (secondary N) is 1. The SMILES string of the molecule is CCNC(=NCC(C)(C)C(N)=O)N(C)Cc1cccn1C. The van der Waals surface area contributed by atoms with Crippen LogP contribution in [0.25, 0.3) is 0 Å². The maximum atomic E-state index is 11.4. The average molecular weight is 293 g/mol. The fourth-order valence-corrected chi connectivity index (χ4v) is 1.80. The van der Waals surface area contributed by atoms with Crippen molar-refractivity contribution in [3.63, 3.8) is 0 Å². The molecule has 118 valence electrons. The van der Waals surface area contributed by atoms with E-state index in [0.717, 1.165) is 19.0 Å². The fourth-order valence-electron chi connectivity index (χ4n) is 1.80. The van der Waals surface area contributed by atoms with Crippen molar-refractivity contribution in [2.75, 3.05) is 20.1 Å². The molecule has 1 rings (SSSR count). The van der Waals surface area contributed by atoms with Crippen molar-refractivity contribution in [2.24, 2.45) is 23.2 Å². The molecular formula is C15H27N5O. The van der Waals surface area contributed by atoms with Crippen molar-refractivity contribution in [1.82, 2.24) is 14.8 Å². The molecule has 0 aliphatic rings. The number of aromatic nitrogens is 1. The van der Waals surface area contributed by atoms with Gasteiger partial charge in [0.05, 0.1) is 18.5 Å². The highest BCUT2D eigenvalue weighted by Crippen LogP contribution is 2.14. The quantitative estimate of drug-likeness (QED) is 0.605. The van der Waals surface area contributed by atoms with Crippen LogP contribution in [0.2, 0.25) is 0 Å². The molecule has 0 aliphatic heterocycles. The summed E-state index contributed by atoms with van der Waals surface area (Å²) >= 11 is 0. The number of nitrogens with two attached hydrogens (primary N) is 1. The minimum Gasteiger partial charge on any atom is -0.369 e. The third kappa shape index (κ3) is 4.81. The van der Waals surface area contributed by atoms with Crippen LogP contribution in [0, 0.1) is 5.41 Å². The Bertz CT molecular complexity index is 504. The van der Waals surface area contributed by atoms with E-state index in [1.165, 1.54) is 5.69 Å². The van der Waals surface area contributed by atoms with E-state index in [-0.39, 0.29) is 5.91 Å². The molecule has 3 N–H and O–H groups in total. The molecule has 0 aromatic carbocycles. The molecule has 1 amide bonds. The predicted molar refractivity (Wildman–Crippen MR) is 85.8 cm³/mol. The molecular weight excluding hydrogens is 266 g/mol. The molecule has 6 heteroatoms. The summed E-state index contributed by atoms with van der Waals surface area (Å²) in [5.41, 5.74) is 5.94. The first kappa shape index (κ1) is 17.1. The van der Waals surface area contributed by atoms with Gasteiger partial charge in [-0.05, 0) is 32.9 Å². The summed E-state index contributed by atoms with van der Waals surface area (Å²) in [4.78, 5) is 18.0. The standard InChI is InChI=1S/C15H27N5O/c1-6-17-14(18-11-15(2,3)13(16)21)20(5)10-12-8-7-9-19(12)4/h7-9H,6,10-11H2,1-5H3,(H2,16,21)(H,17,18). The average Bonchev–Trinajstić information content (AvgIpc) is 2.79. The highest BCUT2D eigenvalue weighted by molar-refractivity contribution is 5.82. The molecule has 0 unspecified atom stereocenters. The fraction of sp³-hybridized carbons (Fsp3) is 0.600. The van der Waals surface area contributed by atoms with Crippen LogP contribution in [-0.4, -0.2) is 41.5 Å². The first-order valence-corrected chi connectivity index (χ1v) is 7.17. The van der Waals surface area contributed by atoms with Crippen LogP contribution in [0.1, 0.15) is 26.5 Å². The van der Waals surface area contributed by atoms with E-state index in [0.29, 0.717) is 6.54 Å². The lowest BCUT2D eigenvalue weighted by atomic mass is 9.93. The van der Waals surface area contributed by atoms with Gasteiger partial charge in [-0.15, -0.1) is 0 Å². The summed E-state index contributed by atoms with van der Waals surface area (Å²) in [6.07, 6.45) is 2.02. The normalized spacial score (nSPS) is 12.3. The van der Waals surface area contributed by atoms with E-state index >= 15 is 0 Å². The van der Waals surface area contributed by atoms with Gasteiger partial charge in [-0.25, -0.2) is 0 Å². The van der Waals surface area contributed by atoms with E-state index in [2.05, 4.69) is 20.9 Å². The zero-order valence-corrected chi connectivity index (χ0v) is 13.7. The van der Waals surface area contributed by atoms with Crippen LogP contribution in [0.4, 0.5) is 0 Å². The first-order chi connectivity index (χ1) is 9.77. The maximum Gasteiger partial charge on any atom is 0.224 e. The lowest BCUT2D eigenvalue weighted by molar-refractivity contribution is -0.125. The number of hydrogen-bond donors (Lipinski definition) is 2. The molecule has 0 atom stereocenters. The minimum absolute atomic E-state index is 0.341. The molecule has 0 aliphatic carbocycles. The van der Waals surface area contributed by atoms with Crippen LogP contribution in [0.5, 0.6) is 0 Å². The second kappa shape index (κ2) is 7.15. The Balaban J connectivity index is 2.80. The highest BCUT2D eigenvalue weighted by Gasteiger charge is 2.25. The molecule has 6 nitrogen and oxygen atoms in total. The van der Waals surface area contributed by atoms with Crippen molar-refractivity contribution in [1.29, 1.82) is 0 Å². The molecule has 0 radical (unpaired) electrons. The monoisotopic (exact) mass is 293 g/mol. The third-order valence-electron chi connectivity index (χ3n) is 3.44. The molecule has 1 aromatic heterocycles. The Morgan fingerprint density at radius 1 is 1.52 bits per heavy atom. The molecule has 0 spiro atoms. The van der Waals surface area contributed by atoms with E-state index < -0.39 is 5.41 Å². The van der Waals surface area contributed by atoms with Gasteiger partial charge in [-0.1, -0.05) is 0 Å². The van der Waals surface area contributed by atoms with Crippen LogP contribution >= 0.6 is 0 Å². The summed E-state index contributed by atoms with van der Waals surface area (Å²) in [6, 6.07) is 4.09. The molecule has 0 bridgehead atoms. The lowest BCUT2D eigenvalue weighted by Gasteiger charge is -2.24. The number of rotatable bonds is 6. The zero-order chi connectivity index (χ0) is 16.0. The number of hydrogen-bond acceptors (Lipinski definition) is 2. The van der Waals surface area contributed by atoms with Crippen LogP contribution in [0.3, 0.4) is 0 Å². The van der Waals surface area contributed by atoms with Gasteiger partial charge in [0, 0.05) is 32.5 Å². The van der Waals surface area contributed by atoms with E-state index in [1.807, 2.05) is 38.2 Å². The van der Waals surface area contributed by atoms with Crippen LogP contribution < -0.4 is 11.1 Å². The smallest absolute Gasteiger partial charge is 0.224 e. The van der Waals surface area contributed by atoms with E-state index in [4.69, 9.17) is 5.73 Å². The summed E-state index contributed by atoms with van der Waals surface area (Å²) in [6.45, 7) is 7.51. The Labute approximate surface area is 127 Å². The number of guanidine groups is 1. The van der Waals surface area contributed by atoms with Crippen molar-refractivity contribution in [3.05, 3.63) is 24.0 Å². The van der Waals surface area contributed by atoms with Gasteiger partial charge >= 0.3 is 0 Å². The largest absolute Gasteiger partial charge is 0.369 e. The second-order valence-electron chi connectivity index (χ2n) is 5.88. The number of aliphatic imine (C=N–C) groups is 1. The Hall–Kier alpha value is -1.98. The van der Waals surface area contributed by atoms with Gasteiger partial charge < -0.3 is 20.5 Å². The number of amides is 1. The third-order valence-corrected chi connectivity index (χ3v) is 3.44. The molecule has 1 heterocycles. The van der Waals surface area contributed by atoms with Gasteiger partial charge in [0.25, 0.3) is 0 Å². The van der Waals surface area contributed by atoms with Gasteiger partial charge in [0.2, 0.25) is 5.91 Å². The number of carbonyl (C=O) groups is 1. The summed E-state index contributed by atoms with van der Waals surface area (Å²) in [7, 11) is 4.00. The number of aryl methyl sites for hydroxylation is 1. The summed E-state index contributed by atoms with van der Waals surface area (Å²) < 4.78 is 2.08. The van der Waals surface area contributed by atoms with Crippen molar-refractivity contribution >= 4 is 11.9 Å². The maximum absolute atomic E-state index is 11.4. The van der Waals surface area contributed by atoms with Gasteiger partial charge in [-0.2, -0.15) is 0 Å². The van der Waals surface area contributed by atoms with Crippen molar-refractivity contribution in [3.8, 4) is 0 Å². The topological polar surface area (TPSA) is 75.6 Å². The van der Waals surface area contributed by atoms with Gasteiger partial charge in [-0.3, -0.25) is 9.79 Å². The van der Waals surface area contributed by atoms with E-state index in [9.17, 15) is 4.79 Å². The van der Waals surface area contributed by atoms with Gasteiger partial charge in [0.15, 0.2) is 5.96 Å². The molecule has 0 saturated heterocycles. The summed E-state index contributed by atoms with van der Waals surface area (Å²) in [5.74, 6) is 0.431. The van der Waals surface area contributed by atoms with Crippen LogP contribution in [0.15, 0.2) is 23.3 Å². The van der Waals surface area contributed by atoms with Crippen LogP contribution in [-0.2, 0) is 18.4 Å². The van der Waals surface area contributed by atoms with E-state index in [1.54, 1.807) is 13.8 Å². The number of carbonyl (C=O) groups excluding carboxylic acids is 1. The second-order valence-corrected chi connectivity index (χ2v) is 5.88. The number of primary amides is 1. The van der Waals surface area contributed by atoms with Gasteiger partial charge in [0.1, 0.15) is 0 Å². The van der Waals surface area contributed by atoms with Crippen molar-refractivity contribution in [2.45, 2.75) is 27.3 Å². The molecule has 21 heavy (non-hydrogen) atoms. The Morgan fingerprint density at radius 2 is 2.19 bits per heavy atom. The highest BCUT2D eigenvalue weighted by atomic mass is 16.1. The summed E-state index contributed by atoms with van der Waals surface area (Å²) in [5, 5.41) is 3.24. The predicted octanol–water partition coefficient (Wildman–Crippen LogP) is 0.934. The minimum atomic E-state index is -0.646. The Kier molecular flexibility index (Phi) is 5.81. The number of nitrogens with zero attached hydrogens (tertiary/aromatic N) is 3. The molecule has 0 saturated carbocycles.